The van der Waals surface area contributed by atoms with Crippen molar-refractivity contribution in [3.63, 3.8) is 0 Å². The second-order valence-corrected chi connectivity index (χ2v) is 8.84. The maximum atomic E-state index is 2.65. The quantitative estimate of drug-likeness (QED) is 0.596. The van der Waals surface area contributed by atoms with Gasteiger partial charge in [0.25, 0.3) is 0 Å². The van der Waals surface area contributed by atoms with Crippen LogP contribution in [-0.4, -0.2) is 37.6 Å². The first-order chi connectivity index (χ1) is 12.8. The van der Waals surface area contributed by atoms with Crippen molar-refractivity contribution in [2.45, 2.75) is 64.7 Å². The topological polar surface area (TPSA) is 6.48 Å². The maximum Gasteiger partial charge on any atom is 0.0443 e. The molecule has 0 unspecified atom stereocenters. The molecule has 2 aliphatic carbocycles. The average Bonchev–Trinajstić information content (AvgIpc) is 3.15. The third kappa shape index (κ3) is 4.71. The Morgan fingerprint density at radius 1 is 0.963 bits per heavy atom. The van der Waals surface area contributed by atoms with Gasteiger partial charge in [0.1, 0.15) is 0 Å². The van der Waals surface area contributed by atoms with Crippen molar-refractivity contribution < 1.29 is 0 Å². The van der Waals surface area contributed by atoms with Crippen LogP contribution in [0.4, 0.5) is 5.69 Å². The Hall–Kier alpha value is -0.990. The van der Waals surface area contributed by atoms with Crippen LogP contribution in [0.15, 0.2) is 30.3 Å². The van der Waals surface area contributed by atoms with Gasteiger partial charge in [-0.3, -0.25) is 4.90 Å². The van der Waals surface area contributed by atoms with Crippen molar-refractivity contribution in [1.29, 1.82) is 0 Å². The van der Waals surface area contributed by atoms with E-state index in [1.54, 1.807) is 5.57 Å². The molecule has 27 heavy (non-hydrogen) atoms. The van der Waals surface area contributed by atoms with Crippen LogP contribution in [-0.2, 0) is 0 Å². The summed E-state index contributed by atoms with van der Waals surface area (Å²) in [5, 5.41) is 0. The van der Waals surface area contributed by atoms with E-state index in [2.05, 4.69) is 47.1 Å². The van der Waals surface area contributed by atoms with Gasteiger partial charge in [-0.15, -0.1) is 12.4 Å². The Morgan fingerprint density at radius 3 is 2.37 bits per heavy atom. The van der Waals surface area contributed by atoms with Crippen LogP contribution >= 0.6 is 12.4 Å². The second kappa shape index (κ2) is 9.47. The van der Waals surface area contributed by atoms with E-state index in [9.17, 15) is 0 Å². The monoisotopic (exact) mass is 388 g/mol. The van der Waals surface area contributed by atoms with Crippen LogP contribution in [0, 0.1) is 5.41 Å². The fourth-order valence-electron chi connectivity index (χ4n) is 5.38. The minimum atomic E-state index is 0. The Balaban J connectivity index is 0.00000210. The van der Waals surface area contributed by atoms with Gasteiger partial charge in [-0.25, -0.2) is 0 Å². The highest BCUT2D eigenvalue weighted by molar-refractivity contribution is 5.85. The summed E-state index contributed by atoms with van der Waals surface area (Å²) in [6.07, 6.45) is 15.1. The molecule has 3 heteroatoms. The SMILES string of the molecule is CCCCN1CCN(c2ccccc2C2=CCC3(CCCC3)CC2)CC1.Cl. The predicted molar refractivity (Wildman–Crippen MR) is 120 cm³/mol. The van der Waals surface area contributed by atoms with Crippen molar-refractivity contribution >= 4 is 23.7 Å². The summed E-state index contributed by atoms with van der Waals surface area (Å²) in [6.45, 7) is 8.36. The van der Waals surface area contributed by atoms with Gasteiger partial charge < -0.3 is 4.90 Å². The normalized spacial score (nSPS) is 22.6. The molecule has 4 rings (SSSR count). The molecule has 1 aromatic rings. The number of para-hydroxylation sites is 1. The standard InChI is InChI=1S/C24H36N2.ClH/c1-2-3-16-25-17-19-26(20-18-25)23-9-5-4-8-22(23)21-10-14-24(15-11-21)12-6-7-13-24;/h4-5,8-10H,2-3,6-7,11-20H2,1H3;1H. The van der Waals surface area contributed by atoms with Crippen LogP contribution in [0.2, 0.25) is 0 Å². The molecule has 1 aromatic carbocycles. The van der Waals surface area contributed by atoms with Crippen molar-refractivity contribution in [3.8, 4) is 0 Å². The smallest absolute Gasteiger partial charge is 0.0443 e. The van der Waals surface area contributed by atoms with Gasteiger partial charge in [0.15, 0.2) is 0 Å². The average molecular weight is 389 g/mol. The molecule has 3 aliphatic rings. The number of piperazine rings is 1. The fourth-order valence-corrected chi connectivity index (χ4v) is 5.38. The van der Waals surface area contributed by atoms with Crippen molar-refractivity contribution in [2.75, 3.05) is 37.6 Å². The molecule has 1 saturated carbocycles. The number of benzene rings is 1. The van der Waals surface area contributed by atoms with Gasteiger partial charge in [-0.2, -0.15) is 0 Å². The molecule has 0 atom stereocenters. The molecule has 0 bridgehead atoms. The molecule has 2 fully saturated rings. The summed E-state index contributed by atoms with van der Waals surface area (Å²) in [7, 11) is 0. The summed E-state index contributed by atoms with van der Waals surface area (Å²) in [6, 6.07) is 9.19. The lowest BCUT2D eigenvalue weighted by Crippen LogP contribution is -2.46. The summed E-state index contributed by atoms with van der Waals surface area (Å²) < 4.78 is 0. The third-order valence-corrected chi connectivity index (χ3v) is 7.16. The maximum absolute atomic E-state index is 2.65. The minimum Gasteiger partial charge on any atom is -0.368 e. The summed E-state index contributed by atoms with van der Waals surface area (Å²) in [5.74, 6) is 0. The lowest BCUT2D eigenvalue weighted by atomic mass is 9.72. The molecule has 1 saturated heterocycles. The van der Waals surface area contributed by atoms with E-state index in [0.717, 1.165) is 0 Å². The first kappa shape index (κ1) is 20.7. The van der Waals surface area contributed by atoms with E-state index in [1.807, 2.05) is 0 Å². The Morgan fingerprint density at radius 2 is 1.70 bits per heavy atom. The van der Waals surface area contributed by atoms with E-state index in [-0.39, 0.29) is 12.4 Å². The number of halogens is 1. The summed E-state index contributed by atoms with van der Waals surface area (Å²) >= 11 is 0. The lowest BCUT2D eigenvalue weighted by Gasteiger charge is -2.38. The molecular formula is C24H37ClN2. The molecule has 2 nitrogen and oxygen atoms in total. The fraction of sp³-hybridized carbons (Fsp3) is 0.667. The van der Waals surface area contributed by atoms with Crippen molar-refractivity contribution in [2.24, 2.45) is 5.41 Å². The van der Waals surface area contributed by atoms with Crippen molar-refractivity contribution in [3.05, 3.63) is 35.9 Å². The molecule has 1 aliphatic heterocycles. The first-order valence-electron chi connectivity index (χ1n) is 11.1. The number of nitrogens with zero attached hydrogens (tertiary/aromatic N) is 2. The third-order valence-electron chi connectivity index (χ3n) is 7.16. The molecular weight excluding hydrogens is 352 g/mol. The van der Waals surface area contributed by atoms with Crippen LogP contribution in [0.1, 0.15) is 70.3 Å². The van der Waals surface area contributed by atoms with Crippen LogP contribution in [0.5, 0.6) is 0 Å². The zero-order valence-electron chi connectivity index (χ0n) is 17.1. The number of hydrogen-bond acceptors (Lipinski definition) is 2. The van der Waals surface area contributed by atoms with Crippen LogP contribution in [0.25, 0.3) is 5.57 Å². The number of rotatable bonds is 5. The molecule has 1 spiro atoms. The highest BCUT2D eigenvalue weighted by atomic mass is 35.5. The number of unbranched alkanes of at least 4 members (excludes halogenated alkanes) is 1. The minimum absolute atomic E-state index is 0. The van der Waals surface area contributed by atoms with E-state index in [1.165, 1.54) is 102 Å². The van der Waals surface area contributed by atoms with Crippen molar-refractivity contribution in [1.82, 2.24) is 4.90 Å². The number of anilines is 1. The van der Waals surface area contributed by atoms with Crippen LogP contribution < -0.4 is 4.90 Å². The van der Waals surface area contributed by atoms with E-state index < -0.39 is 0 Å². The second-order valence-electron chi connectivity index (χ2n) is 8.84. The zero-order chi connectivity index (χ0) is 17.8. The highest BCUT2D eigenvalue weighted by Gasteiger charge is 2.35. The van der Waals surface area contributed by atoms with Crippen LogP contribution in [0.3, 0.4) is 0 Å². The largest absolute Gasteiger partial charge is 0.368 e. The molecule has 0 N–H and O–H groups in total. The van der Waals surface area contributed by atoms with Gasteiger partial charge in [-0.05, 0) is 62.1 Å². The predicted octanol–water partition coefficient (Wildman–Crippen LogP) is 6.16. The summed E-state index contributed by atoms with van der Waals surface area (Å²) in [5.41, 5.74) is 5.29. The van der Waals surface area contributed by atoms with Gasteiger partial charge >= 0.3 is 0 Å². The lowest BCUT2D eigenvalue weighted by molar-refractivity contribution is 0.254. The van der Waals surface area contributed by atoms with E-state index >= 15 is 0 Å². The van der Waals surface area contributed by atoms with E-state index in [0.29, 0.717) is 5.41 Å². The van der Waals surface area contributed by atoms with Gasteiger partial charge in [0.05, 0.1) is 0 Å². The Labute approximate surface area is 172 Å². The van der Waals surface area contributed by atoms with Gasteiger partial charge in [0, 0.05) is 37.4 Å². The molecule has 0 aromatic heterocycles. The van der Waals surface area contributed by atoms with Gasteiger partial charge in [0.2, 0.25) is 0 Å². The zero-order valence-corrected chi connectivity index (χ0v) is 17.9. The highest BCUT2D eigenvalue weighted by Crippen LogP contribution is 2.50. The number of hydrogen-bond donors (Lipinski definition) is 0. The molecule has 0 amide bonds. The first-order valence-corrected chi connectivity index (χ1v) is 11.1. The molecule has 0 radical (unpaired) electrons. The Kier molecular flexibility index (Phi) is 7.28. The summed E-state index contributed by atoms with van der Waals surface area (Å²) in [4.78, 5) is 5.28. The molecule has 150 valence electrons. The van der Waals surface area contributed by atoms with E-state index in [4.69, 9.17) is 0 Å². The van der Waals surface area contributed by atoms with Gasteiger partial charge in [-0.1, -0.05) is 50.5 Å². The molecule has 1 heterocycles. The Bertz CT molecular complexity index is 625. The number of allylic oxidation sites excluding steroid dienone is 2.